The molecule has 1 aromatic rings. The van der Waals surface area contributed by atoms with Gasteiger partial charge in [0.25, 0.3) is 5.91 Å². The normalized spacial score (nSPS) is 40.2. The summed E-state index contributed by atoms with van der Waals surface area (Å²) in [6.45, 7) is 20.1. The number of aliphatic carboxylic acids is 1. The van der Waals surface area contributed by atoms with E-state index < -0.39 is 34.3 Å². The number of amides is 2. The Labute approximate surface area is 349 Å². The van der Waals surface area contributed by atoms with Crippen LogP contribution in [0.4, 0.5) is 0 Å². The van der Waals surface area contributed by atoms with E-state index in [9.17, 15) is 29.1 Å². The summed E-state index contributed by atoms with van der Waals surface area (Å²) in [6.07, 6.45) is 8.90. The highest BCUT2D eigenvalue weighted by Crippen LogP contribution is 2.76. The average molecular weight is 818 g/mol. The van der Waals surface area contributed by atoms with Crippen LogP contribution in [0, 0.1) is 62.6 Å². The number of carbonyl (C=O) groups is 5. The van der Waals surface area contributed by atoms with Crippen LogP contribution in [0.5, 0.6) is 0 Å². The van der Waals surface area contributed by atoms with Crippen molar-refractivity contribution < 1.29 is 33.8 Å². The first-order valence-corrected chi connectivity index (χ1v) is 22.5. The van der Waals surface area contributed by atoms with Gasteiger partial charge in [0.05, 0.1) is 17.4 Å². The number of carboxylic acid groups (broad SMARTS) is 1. The molecule has 3 N–H and O–H groups in total. The molecule has 1 unspecified atom stereocenters. The Hall–Kier alpha value is -3.20. The predicted molar refractivity (Wildman–Crippen MR) is 222 cm³/mol. The van der Waals surface area contributed by atoms with Gasteiger partial charge >= 0.3 is 11.9 Å². The molecule has 0 radical (unpaired) electrons. The smallest absolute Gasteiger partial charge is 0.309 e. The van der Waals surface area contributed by atoms with Gasteiger partial charge in [0.2, 0.25) is 5.91 Å². The number of carbonyl (C=O) groups excluding carboxylic acids is 4. The number of allylic oxidation sites excluding steroid dienone is 1. The molecular weight excluding hydrogens is 752 g/mol. The number of hydrogen-bond donors (Lipinski definition) is 3. The maximum absolute atomic E-state index is 14.4. The van der Waals surface area contributed by atoms with Gasteiger partial charge in [-0.25, -0.2) is 0 Å². The zero-order valence-electron chi connectivity index (χ0n) is 36.1. The Morgan fingerprint density at radius 2 is 1.45 bits per heavy atom. The molecule has 7 aliphatic carbocycles. The molecule has 0 heterocycles. The highest BCUT2D eigenvalue weighted by molar-refractivity contribution is 6.30. The first-order chi connectivity index (χ1) is 27.0. The summed E-state index contributed by atoms with van der Waals surface area (Å²) in [7, 11) is 0. The average Bonchev–Trinajstić information content (AvgIpc) is 3.85. The minimum absolute atomic E-state index is 0.0102. The minimum Gasteiger partial charge on any atom is -0.481 e. The molecule has 316 valence electrons. The Bertz CT molecular complexity index is 1980. The summed E-state index contributed by atoms with van der Waals surface area (Å²) in [6, 6.07) is 6.68. The summed E-state index contributed by atoms with van der Waals surface area (Å²) < 4.78 is 6.41. The third-order valence-electron chi connectivity index (χ3n) is 18.5. The summed E-state index contributed by atoms with van der Waals surface area (Å²) in [5, 5.41) is 16.8. The quantitative estimate of drug-likeness (QED) is 0.223. The van der Waals surface area contributed by atoms with Crippen LogP contribution in [-0.4, -0.2) is 51.8 Å². The van der Waals surface area contributed by atoms with Crippen LogP contribution in [0.3, 0.4) is 0 Å². The van der Waals surface area contributed by atoms with Gasteiger partial charge < -0.3 is 20.5 Å². The van der Waals surface area contributed by atoms with Gasteiger partial charge in [0.15, 0.2) is 5.78 Å². The lowest BCUT2D eigenvalue weighted by Gasteiger charge is -2.72. The summed E-state index contributed by atoms with van der Waals surface area (Å²) in [4.78, 5) is 67.4. The Balaban J connectivity index is 1.04. The zero-order valence-corrected chi connectivity index (χ0v) is 36.9. The van der Waals surface area contributed by atoms with Crippen molar-refractivity contribution in [2.45, 2.75) is 157 Å². The van der Waals surface area contributed by atoms with Crippen molar-refractivity contribution in [2.24, 2.45) is 62.6 Å². The fraction of sp³-hybridized carbons (Fsp3) is 0.729. The number of benzene rings is 1. The lowest BCUT2D eigenvalue weighted by molar-refractivity contribution is -0.235. The minimum atomic E-state index is -0.994. The third-order valence-corrected chi connectivity index (χ3v) is 18.7. The number of carboxylic acids is 1. The second-order valence-electron chi connectivity index (χ2n) is 22.1. The van der Waals surface area contributed by atoms with Crippen LogP contribution in [0.15, 0.2) is 35.4 Å². The predicted octanol–water partition coefficient (Wildman–Crippen LogP) is 9.11. The van der Waals surface area contributed by atoms with Crippen molar-refractivity contribution in [1.82, 2.24) is 10.6 Å². The van der Waals surface area contributed by atoms with Crippen LogP contribution >= 0.6 is 11.6 Å². The van der Waals surface area contributed by atoms with Crippen LogP contribution in [0.25, 0.3) is 0 Å². The second-order valence-corrected chi connectivity index (χ2v) is 22.5. The van der Waals surface area contributed by atoms with E-state index >= 15 is 0 Å². The number of Topliss-reactive ketones (excluding diaryl/α,β-unsaturated/α-hetero) is 1. The van der Waals surface area contributed by atoms with Gasteiger partial charge in [-0.05, 0) is 151 Å². The van der Waals surface area contributed by atoms with Crippen molar-refractivity contribution in [3.05, 3.63) is 46.0 Å². The Morgan fingerprint density at radius 1 is 0.776 bits per heavy atom. The molecular formula is C48H65ClN2O7. The summed E-state index contributed by atoms with van der Waals surface area (Å²) in [5.74, 6) is -1.40. The van der Waals surface area contributed by atoms with E-state index in [0.717, 1.165) is 50.5 Å². The van der Waals surface area contributed by atoms with Gasteiger partial charge in [0.1, 0.15) is 11.6 Å². The maximum atomic E-state index is 14.4. The van der Waals surface area contributed by atoms with Crippen LogP contribution in [0.2, 0.25) is 5.02 Å². The van der Waals surface area contributed by atoms with Gasteiger partial charge in [-0.2, -0.15) is 0 Å². The lowest BCUT2D eigenvalue weighted by atomic mass is 9.33. The topological polar surface area (TPSA) is 139 Å². The molecule has 2 amide bonds. The number of nitrogens with one attached hydrogen (secondary N) is 2. The molecule has 6 fully saturated rings. The molecule has 0 bridgehead atoms. The largest absolute Gasteiger partial charge is 0.481 e. The van der Waals surface area contributed by atoms with E-state index in [2.05, 4.69) is 59.1 Å². The number of rotatable bonds is 8. The molecule has 1 aromatic carbocycles. The molecule has 0 spiro atoms. The first kappa shape index (κ1) is 41.5. The molecule has 6 saturated carbocycles. The van der Waals surface area contributed by atoms with Crippen molar-refractivity contribution in [1.29, 1.82) is 0 Å². The fourth-order valence-electron chi connectivity index (χ4n) is 14.7. The number of esters is 1. The molecule has 8 rings (SSSR count). The van der Waals surface area contributed by atoms with Crippen LogP contribution in [0.1, 0.15) is 150 Å². The molecule has 9 nitrogen and oxygen atoms in total. The molecule has 0 saturated heterocycles. The van der Waals surface area contributed by atoms with Gasteiger partial charge in [-0.3, -0.25) is 24.0 Å². The number of ether oxygens (including phenoxy) is 1. The Kier molecular flexibility index (Phi) is 9.59. The number of fused-ring (bicyclic) bond motifs is 7. The highest BCUT2D eigenvalue weighted by atomic mass is 35.5. The van der Waals surface area contributed by atoms with Crippen molar-refractivity contribution in [2.75, 3.05) is 0 Å². The third kappa shape index (κ3) is 5.84. The number of ketones is 1. The van der Waals surface area contributed by atoms with Gasteiger partial charge in [-0.15, -0.1) is 0 Å². The molecule has 0 aromatic heterocycles. The first-order valence-electron chi connectivity index (χ1n) is 22.1. The second kappa shape index (κ2) is 13.4. The highest BCUT2D eigenvalue weighted by Gasteiger charge is 2.71. The molecule has 10 atom stereocenters. The standard InChI is InChI=1S/C48H65ClN2O7/c1-26(2)36-32(52)25-48(51-41(57)47(22-23-47)50-38(53)27-10-12-28(49)13-11-27)21-20-45(8)29(37(36)48)14-15-34-44(7)18-17-35(43(5,6)33(44)16-19-46(34,45)9)58-40(56)31-24-30(39(54)55)42(31,3)4/h10-13,26,29-31,33-35H,14-25H2,1-9H3,(H,50,53)(H,51,57)(H,54,55)/t29-,30-,31+,33?,34-,35+,44+,45-,46-,48-/m1/s1. The SMILES string of the molecule is CC(C)C1=C2[C@H]3CC[C@@H]4[C@@]5(C)CC[C@H](OC(=O)[C@@H]6C[C@H](C(=O)O)C6(C)C)C(C)(C)C5CC[C@@]4(C)[C@]3(C)CC[C@@]2(NC(=O)C2(NC(=O)c3ccc(Cl)cc3)CC2)CC1=O. The van der Waals surface area contributed by atoms with E-state index in [0.29, 0.717) is 48.1 Å². The number of halogens is 1. The number of hydrogen-bond acceptors (Lipinski definition) is 6. The molecule has 7 aliphatic rings. The fourth-order valence-corrected chi connectivity index (χ4v) is 14.8. The monoisotopic (exact) mass is 816 g/mol. The molecule has 58 heavy (non-hydrogen) atoms. The van der Waals surface area contributed by atoms with Crippen molar-refractivity contribution >= 4 is 41.1 Å². The van der Waals surface area contributed by atoms with Crippen LogP contribution in [-0.2, 0) is 23.9 Å². The Morgan fingerprint density at radius 3 is 2.05 bits per heavy atom. The zero-order chi connectivity index (χ0) is 42.2. The summed E-state index contributed by atoms with van der Waals surface area (Å²) in [5.41, 5.74) is -0.178. The summed E-state index contributed by atoms with van der Waals surface area (Å²) >= 11 is 6.07. The van der Waals surface area contributed by atoms with E-state index in [1.165, 1.54) is 5.57 Å². The molecule has 0 aliphatic heterocycles. The van der Waals surface area contributed by atoms with Gasteiger partial charge in [0, 0.05) is 22.4 Å². The van der Waals surface area contributed by atoms with Crippen molar-refractivity contribution in [3.8, 4) is 0 Å². The van der Waals surface area contributed by atoms with E-state index in [1.54, 1.807) is 24.3 Å². The molecule has 10 heteroatoms. The van der Waals surface area contributed by atoms with Crippen LogP contribution < -0.4 is 10.6 Å². The van der Waals surface area contributed by atoms with E-state index in [4.69, 9.17) is 16.3 Å². The van der Waals surface area contributed by atoms with Gasteiger partial charge in [-0.1, -0.05) is 73.9 Å². The maximum Gasteiger partial charge on any atom is 0.309 e. The lowest BCUT2D eigenvalue weighted by Crippen LogP contribution is -2.68. The van der Waals surface area contributed by atoms with E-state index in [1.807, 2.05) is 13.8 Å². The van der Waals surface area contributed by atoms with Crippen molar-refractivity contribution in [3.63, 3.8) is 0 Å². The van der Waals surface area contributed by atoms with E-state index in [-0.39, 0.29) is 69.6 Å².